The molecular weight excluding hydrogens is 398 g/mol. The Balaban J connectivity index is 1.93. The van der Waals surface area contributed by atoms with Crippen molar-refractivity contribution in [1.29, 1.82) is 5.26 Å². The highest BCUT2D eigenvalue weighted by Gasteiger charge is 2.27. The highest BCUT2D eigenvalue weighted by atomic mass is 19.1. The van der Waals surface area contributed by atoms with E-state index in [1.54, 1.807) is 36.4 Å². The minimum atomic E-state index is -0.724. The zero-order valence-electron chi connectivity index (χ0n) is 16.1. The number of para-hydroxylation sites is 1. The maximum absolute atomic E-state index is 14.8. The smallest absolute Gasteiger partial charge is 0.263 e. The van der Waals surface area contributed by atoms with Gasteiger partial charge in [-0.25, -0.2) is 8.78 Å². The van der Waals surface area contributed by atoms with Crippen molar-refractivity contribution >= 4 is 0 Å². The molecule has 0 spiro atoms. The SMILES string of the molecule is N#Cc1c(F)cccc1-c1cc2c(n(-c3ccccc3)c1=O)COc1cccc(F)c1-2. The van der Waals surface area contributed by atoms with Crippen LogP contribution in [-0.4, -0.2) is 4.57 Å². The molecule has 4 nitrogen and oxygen atoms in total. The van der Waals surface area contributed by atoms with Gasteiger partial charge in [-0.15, -0.1) is 0 Å². The predicted molar refractivity (Wildman–Crippen MR) is 112 cm³/mol. The lowest BCUT2D eigenvalue weighted by Gasteiger charge is -2.25. The fraction of sp³-hybridized carbons (Fsp3) is 0.0400. The number of fused-ring (bicyclic) bond motifs is 3. The van der Waals surface area contributed by atoms with Crippen LogP contribution < -0.4 is 10.3 Å². The van der Waals surface area contributed by atoms with Crippen LogP contribution in [0.1, 0.15) is 11.3 Å². The molecule has 3 aromatic carbocycles. The van der Waals surface area contributed by atoms with Crippen molar-refractivity contribution in [3.8, 4) is 39.8 Å². The average molecular weight is 412 g/mol. The number of aromatic nitrogens is 1. The Morgan fingerprint density at radius 3 is 2.39 bits per heavy atom. The van der Waals surface area contributed by atoms with Crippen LogP contribution in [0.3, 0.4) is 0 Å². The largest absolute Gasteiger partial charge is 0.487 e. The molecule has 0 saturated heterocycles. The maximum Gasteiger partial charge on any atom is 0.263 e. The lowest BCUT2D eigenvalue weighted by molar-refractivity contribution is 0.291. The van der Waals surface area contributed by atoms with Gasteiger partial charge < -0.3 is 4.74 Å². The van der Waals surface area contributed by atoms with Crippen molar-refractivity contribution < 1.29 is 13.5 Å². The Morgan fingerprint density at radius 2 is 1.61 bits per heavy atom. The summed E-state index contributed by atoms with van der Waals surface area (Å²) >= 11 is 0. The van der Waals surface area contributed by atoms with Gasteiger partial charge in [0.25, 0.3) is 5.56 Å². The summed E-state index contributed by atoms with van der Waals surface area (Å²) in [5, 5.41) is 9.50. The molecule has 31 heavy (non-hydrogen) atoms. The van der Waals surface area contributed by atoms with Gasteiger partial charge in [-0.1, -0.05) is 36.4 Å². The van der Waals surface area contributed by atoms with Crippen LogP contribution in [0.4, 0.5) is 8.78 Å². The Morgan fingerprint density at radius 1 is 0.871 bits per heavy atom. The minimum Gasteiger partial charge on any atom is -0.487 e. The molecule has 1 aromatic heterocycles. The molecule has 0 fully saturated rings. The van der Waals surface area contributed by atoms with Gasteiger partial charge in [0.05, 0.1) is 16.8 Å². The van der Waals surface area contributed by atoms with Crippen molar-refractivity contribution in [2.24, 2.45) is 0 Å². The van der Waals surface area contributed by atoms with E-state index in [1.165, 1.54) is 34.9 Å². The Hall–Kier alpha value is -4.24. The summed E-state index contributed by atoms with van der Waals surface area (Å²) in [6.07, 6.45) is 0. The van der Waals surface area contributed by atoms with Gasteiger partial charge in [-0.2, -0.15) is 5.26 Å². The topological polar surface area (TPSA) is 55.0 Å². The van der Waals surface area contributed by atoms with Crippen molar-refractivity contribution in [3.05, 3.63) is 106 Å². The van der Waals surface area contributed by atoms with Gasteiger partial charge >= 0.3 is 0 Å². The molecule has 0 bridgehead atoms. The molecule has 1 aliphatic heterocycles. The average Bonchev–Trinajstić information content (AvgIpc) is 2.79. The normalized spacial score (nSPS) is 11.8. The zero-order valence-corrected chi connectivity index (χ0v) is 16.1. The van der Waals surface area contributed by atoms with Gasteiger partial charge in [0.2, 0.25) is 0 Å². The fourth-order valence-corrected chi connectivity index (χ4v) is 3.95. The summed E-state index contributed by atoms with van der Waals surface area (Å²) in [4.78, 5) is 13.6. The number of benzene rings is 3. The summed E-state index contributed by atoms with van der Waals surface area (Å²) in [5.41, 5.74) is 1.31. The molecule has 150 valence electrons. The van der Waals surface area contributed by atoms with Crippen molar-refractivity contribution in [2.75, 3.05) is 0 Å². The standard InChI is InChI=1S/C25H14F2N2O2/c26-20-9-4-8-16(19(20)13-28)17-12-18-22(14-31-23-11-5-10-21(27)24(18)23)29(25(17)30)15-6-2-1-3-7-15/h1-12H,14H2. The quantitative estimate of drug-likeness (QED) is 0.454. The molecular formula is C25H14F2N2O2. The fourth-order valence-electron chi connectivity index (χ4n) is 3.95. The first kappa shape index (κ1) is 18.8. The molecule has 0 saturated carbocycles. The Bertz CT molecular complexity index is 1440. The van der Waals surface area contributed by atoms with Crippen LogP contribution in [0.2, 0.25) is 0 Å². The first-order valence-electron chi connectivity index (χ1n) is 9.55. The highest BCUT2D eigenvalue weighted by Crippen LogP contribution is 2.41. The van der Waals surface area contributed by atoms with Crippen molar-refractivity contribution in [3.63, 3.8) is 0 Å². The van der Waals surface area contributed by atoms with Gasteiger partial charge in [0.1, 0.15) is 30.1 Å². The summed E-state index contributed by atoms with van der Waals surface area (Å²) in [6, 6.07) is 20.9. The summed E-state index contributed by atoms with van der Waals surface area (Å²) in [5.74, 6) is -0.864. The maximum atomic E-state index is 14.8. The summed E-state index contributed by atoms with van der Waals surface area (Å²) in [6.45, 7) is 0.0600. The van der Waals surface area contributed by atoms with E-state index < -0.39 is 17.2 Å². The lowest BCUT2D eigenvalue weighted by atomic mass is 9.94. The molecule has 0 radical (unpaired) electrons. The number of nitriles is 1. The van der Waals surface area contributed by atoms with Crippen molar-refractivity contribution in [1.82, 2.24) is 4.57 Å². The second kappa shape index (κ2) is 7.22. The summed E-state index contributed by atoms with van der Waals surface area (Å²) in [7, 11) is 0. The number of halogens is 2. The van der Waals surface area contributed by atoms with E-state index in [1.807, 2.05) is 12.1 Å². The van der Waals surface area contributed by atoms with Crippen LogP contribution in [0.15, 0.2) is 77.6 Å². The van der Waals surface area contributed by atoms with Crippen molar-refractivity contribution in [2.45, 2.75) is 6.61 Å². The van der Waals surface area contributed by atoms with Gasteiger partial charge in [0, 0.05) is 22.4 Å². The molecule has 2 heterocycles. The number of nitrogens with zero attached hydrogens (tertiary/aromatic N) is 2. The molecule has 0 unspecified atom stereocenters. The van der Waals surface area contributed by atoms with Crippen LogP contribution in [0.25, 0.3) is 27.9 Å². The van der Waals surface area contributed by atoms with Crippen LogP contribution in [0.5, 0.6) is 5.75 Å². The Kier molecular flexibility index (Phi) is 4.37. The van der Waals surface area contributed by atoms with E-state index in [0.717, 1.165) is 0 Å². The van der Waals surface area contributed by atoms with Gasteiger partial charge in [-0.05, 0) is 36.4 Å². The predicted octanol–water partition coefficient (Wildman–Crippen LogP) is 5.21. The van der Waals surface area contributed by atoms with E-state index in [2.05, 4.69) is 0 Å². The number of ether oxygens (including phenoxy) is 1. The number of hydrogen-bond donors (Lipinski definition) is 0. The number of hydrogen-bond acceptors (Lipinski definition) is 3. The monoisotopic (exact) mass is 412 g/mol. The van der Waals surface area contributed by atoms with Gasteiger partial charge in [0.15, 0.2) is 0 Å². The minimum absolute atomic E-state index is 0.0600. The number of rotatable bonds is 2. The van der Waals surface area contributed by atoms with E-state index in [0.29, 0.717) is 22.7 Å². The molecule has 0 N–H and O–H groups in total. The third-order valence-corrected chi connectivity index (χ3v) is 5.34. The third-order valence-electron chi connectivity index (χ3n) is 5.34. The van der Waals surface area contributed by atoms with E-state index in [4.69, 9.17) is 4.74 Å². The zero-order chi connectivity index (χ0) is 21.5. The molecule has 5 rings (SSSR count). The first-order valence-corrected chi connectivity index (χ1v) is 9.55. The Labute approximate surface area is 176 Å². The second-order valence-corrected chi connectivity index (χ2v) is 7.07. The van der Waals surface area contributed by atoms with E-state index >= 15 is 0 Å². The molecule has 0 amide bonds. The highest BCUT2D eigenvalue weighted by molar-refractivity contribution is 5.81. The molecule has 0 atom stereocenters. The first-order chi connectivity index (χ1) is 15.1. The third kappa shape index (κ3) is 2.90. The summed E-state index contributed by atoms with van der Waals surface area (Å²) < 4.78 is 36.4. The van der Waals surface area contributed by atoms with Crippen LogP contribution in [-0.2, 0) is 6.61 Å². The van der Waals surface area contributed by atoms with E-state index in [9.17, 15) is 18.8 Å². The van der Waals surface area contributed by atoms with Crippen LogP contribution in [0, 0.1) is 23.0 Å². The van der Waals surface area contributed by atoms with E-state index in [-0.39, 0.29) is 28.9 Å². The molecule has 0 aliphatic carbocycles. The molecule has 4 aromatic rings. The number of pyridine rings is 1. The van der Waals surface area contributed by atoms with Gasteiger partial charge in [-0.3, -0.25) is 9.36 Å². The molecule has 6 heteroatoms. The molecule has 1 aliphatic rings. The van der Waals surface area contributed by atoms with Crippen LogP contribution >= 0.6 is 0 Å². The second-order valence-electron chi connectivity index (χ2n) is 7.07. The lowest BCUT2D eigenvalue weighted by Crippen LogP contribution is -2.27.